The van der Waals surface area contributed by atoms with Crippen molar-refractivity contribution in [3.63, 3.8) is 0 Å². The third-order valence-corrected chi connectivity index (χ3v) is 9.13. The number of hydrogen-bond donors (Lipinski definition) is 2. The highest BCUT2D eigenvalue weighted by Gasteiger charge is 2.46. The molecule has 12 heteroatoms. The summed E-state index contributed by atoms with van der Waals surface area (Å²) in [5.41, 5.74) is 1.70. The van der Waals surface area contributed by atoms with Gasteiger partial charge in [-0.3, -0.25) is 19.2 Å². The normalized spacial score (nSPS) is 22.3. The SMILES string of the molecule is CC(=O)N1CC[C@H]2CC[C@@H](C(=O)N3CCc4cccc(F)c4C3)N2C(=O)[C@@H](NC(=O)c2cc3cc(C(C)(F)F)ccc3[nH]2)C1. The smallest absolute Gasteiger partial charge is 0.270 e. The predicted molar refractivity (Wildman–Crippen MR) is 155 cm³/mol. The van der Waals surface area contributed by atoms with E-state index in [9.17, 15) is 32.3 Å². The third-order valence-electron chi connectivity index (χ3n) is 9.13. The van der Waals surface area contributed by atoms with Crippen molar-refractivity contribution >= 4 is 34.5 Å². The first-order chi connectivity index (χ1) is 20.9. The number of rotatable bonds is 4. The Morgan fingerprint density at radius 3 is 2.57 bits per heavy atom. The highest BCUT2D eigenvalue weighted by Crippen LogP contribution is 2.33. The minimum absolute atomic E-state index is 0.0698. The van der Waals surface area contributed by atoms with Gasteiger partial charge in [-0.25, -0.2) is 13.2 Å². The average molecular weight is 610 g/mol. The number of benzene rings is 2. The molecule has 2 aromatic carbocycles. The lowest BCUT2D eigenvalue weighted by Gasteiger charge is -2.40. The van der Waals surface area contributed by atoms with Crippen molar-refractivity contribution in [1.82, 2.24) is 25.0 Å². The van der Waals surface area contributed by atoms with E-state index >= 15 is 0 Å². The summed E-state index contributed by atoms with van der Waals surface area (Å²) < 4.78 is 42.3. The lowest BCUT2D eigenvalue weighted by molar-refractivity contribution is -0.149. The van der Waals surface area contributed by atoms with Gasteiger partial charge >= 0.3 is 0 Å². The number of nitrogens with zero attached hydrogens (tertiary/aromatic N) is 3. The zero-order valence-electron chi connectivity index (χ0n) is 24.5. The molecule has 3 aromatic rings. The van der Waals surface area contributed by atoms with Crippen molar-refractivity contribution in [2.24, 2.45) is 0 Å². The highest BCUT2D eigenvalue weighted by molar-refractivity contribution is 6.01. The molecule has 1 aromatic heterocycles. The molecule has 4 heterocycles. The number of aromatic amines is 1. The minimum Gasteiger partial charge on any atom is -0.351 e. The molecule has 0 aliphatic carbocycles. The van der Waals surface area contributed by atoms with Gasteiger partial charge in [0.1, 0.15) is 23.6 Å². The molecule has 2 saturated heterocycles. The summed E-state index contributed by atoms with van der Waals surface area (Å²) in [5.74, 6) is -5.04. The van der Waals surface area contributed by atoms with Crippen LogP contribution in [0.2, 0.25) is 0 Å². The number of H-pyrrole nitrogens is 1. The Morgan fingerprint density at radius 1 is 1.02 bits per heavy atom. The van der Waals surface area contributed by atoms with E-state index in [1.165, 1.54) is 42.2 Å². The van der Waals surface area contributed by atoms with Gasteiger partial charge in [0, 0.05) is 68.1 Å². The topological polar surface area (TPSA) is 106 Å². The average Bonchev–Trinajstić information content (AvgIpc) is 3.60. The van der Waals surface area contributed by atoms with Crippen LogP contribution in [0, 0.1) is 5.82 Å². The van der Waals surface area contributed by atoms with Gasteiger partial charge in [-0.15, -0.1) is 0 Å². The van der Waals surface area contributed by atoms with Gasteiger partial charge in [-0.05, 0) is 55.5 Å². The monoisotopic (exact) mass is 609 g/mol. The Balaban J connectivity index is 1.25. The quantitative estimate of drug-likeness (QED) is 0.471. The third kappa shape index (κ3) is 5.53. The first-order valence-corrected chi connectivity index (χ1v) is 14.9. The number of fused-ring (bicyclic) bond motifs is 3. The van der Waals surface area contributed by atoms with Gasteiger partial charge in [-0.2, -0.15) is 0 Å². The molecule has 232 valence electrons. The summed E-state index contributed by atoms with van der Waals surface area (Å²) >= 11 is 0. The molecule has 0 bridgehead atoms. The fraction of sp³-hybridized carbons (Fsp3) is 0.438. The molecule has 3 aliphatic rings. The fourth-order valence-electron chi connectivity index (χ4n) is 6.71. The van der Waals surface area contributed by atoms with Crippen molar-refractivity contribution in [3.05, 3.63) is 70.7 Å². The zero-order valence-corrected chi connectivity index (χ0v) is 24.5. The Kier molecular flexibility index (Phi) is 7.63. The predicted octanol–water partition coefficient (Wildman–Crippen LogP) is 3.71. The maximum absolute atomic E-state index is 14.6. The maximum Gasteiger partial charge on any atom is 0.270 e. The van der Waals surface area contributed by atoms with Gasteiger partial charge in [0.15, 0.2) is 0 Å². The highest BCUT2D eigenvalue weighted by atomic mass is 19.3. The van der Waals surface area contributed by atoms with Gasteiger partial charge in [0.2, 0.25) is 17.7 Å². The number of alkyl halides is 2. The second-order valence-electron chi connectivity index (χ2n) is 12.0. The van der Waals surface area contributed by atoms with E-state index in [1.54, 1.807) is 15.9 Å². The molecule has 6 rings (SSSR count). The van der Waals surface area contributed by atoms with Crippen molar-refractivity contribution in [1.29, 1.82) is 0 Å². The van der Waals surface area contributed by atoms with Crippen LogP contribution in [0.25, 0.3) is 10.9 Å². The van der Waals surface area contributed by atoms with E-state index < -0.39 is 29.8 Å². The van der Waals surface area contributed by atoms with Crippen molar-refractivity contribution in [2.75, 3.05) is 19.6 Å². The first kappa shape index (κ1) is 29.7. The summed E-state index contributed by atoms with van der Waals surface area (Å²) in [7, 11) is 0. The van der Waals surface area contributed by atoms with E-state index in [4.69, 9.17) is 0 Å². The second kappa shape index (κ2) is 11.3. The van der Waals surface area contributed by atoms with E-state index in [2.05, 4.69) is 10.3 Å². The van der Waals surface area contributed by atoms with E-state index in [0.29, 0.717) is 55.2 Å². The summed E-state index contributed by atoms with van der Waals surface area (Å²) in [6, 6.07) is 8.14. The molecular weight excluding hydrogens is 575 g/mol. The number of carbonyl (C=O) groups excluding carboxylic acids is 4. The van der Waals surface area contributed by atoms with Crippen molar-refractivity contribution in [3.8, 4) is 0 Å². The van der Waals surface area contributed by atoms with Gasteiger partial charge in [0.05, 0.1) is 0 Å². The Morgan fingerprint density at radius 2 is 1.82 bits per heavy atom. The van der Waals surface area contributed by atoms with E-state index in [-0.39, 0.29) is 48.0 Å². The van der Waals surface area contributed by atoms with Crippen molar-refractivity contribution < 1.29 is 32.3 Å². The maximum atomic E-state index is 14.6. The molecule has 9 nitrogen and oxygen atoms in total. The number of halogens is 3. The lowest BCUT2D eigenvalue weighted by Crippen LogP contribution is -2.61. The zero-order chi connectivity index (χ0) is 31.3. The molecule has 3 aliphatic heterocycles. The molecule has 2 N–H and O–H groups in total. The first-order valence-electron chi connectivity index (χ1n) is 14.9. The summed E-state index contributed by atoms with van der Waals surface area (Å²) in [4.78, 5) is 61.4. The van der Waals surface area contributed by atoms with E-state index in [1.807, 2.05) is 6.07 Å². The van der Waals surface area contributed by atoms with Crippen LogP contribution in [-0.4, -0.2) is 81.1 Å². The molecule has 2 fully saturated rings. The minimum atomic E-state index is -3.05. The largest absolute Gasteiger partial charge is 0.351 e. The van der Waals surface area contributed by atoms with Crippen LogP contribution in [-0.2, 0) is 33.3 Å². The van der Waals surface area contributed by atoms with Gasteiger partial charge < -0.3 is 25.0 Å². The van der Waals surface area contributed by atoms with Crippen molar-refractivity contribution in [2.45, 2.75) is 70.1 Å². The molecular formula is C32H34F3N5O4. The second-order valence-corrected chi connectivity index (χ2v) is 12.0. The fourth-order valence-corrected chi connectivity index (χ4v) is 6.71. The molecule has 0 spiro atoms. The molecule has 3 atom stereocenters. The number of hydrogen-bond acceptors (Lipinski definition) is 4. The molecule has 0 unspecified atom stereocenters. The van der Waals surface area contributed by atoms with Crippen LogP contribution in [0.5, 0.6) is 0 Å². The number of aromatic nitrogens is 1. The summed E-state index contributed by atoms with van der Waals surface area (Å²) in [5, 5.41) is 3.15. The van der Waals surface area contributed by atoms with Crippen LogP contribution in [0.4, 0.5) is 13.2 Å². The van der Waals surface area contributed by atoms with Crippen LogP contribution >= 0.6 is 0 Å². The molecule has 0 saturated carbocycles. The lowest BCUT2D eigenvalue weighted by atomic mass is 9.98. The van der Waals surface area contributed by atoms with Crippen LogP contribution in [0.3, 0.4) is 0 Å². The number of nitrogens with one attached hydrogen (secondary N) is 2. The molecule has 0 radical (unpaired) electrons. The van der Waals surface area contributed by atoms with Gasteiger partial charge in [0.25, 0.3) is 11.8 Å². The Bertz CT molecular complexity index is 1650. The van der Waals surface area contributed by atoms with Crippen LogP contribution in [0.15, 0.2) is 42.5 Å². The van der Waals surface area contributed by atoms with E-state index in [0.717, 1.165) is 12.5 Å². The molecule has 4 amide bonds. The van der Waals surface area contributed by atoms with Crippen LogP contribution < -0.4 is 5.32 Å². The number of amides is 4. The standard InChI is InChI=1S/C32H34F3N5O4/c1-18(41)38-13-11-22-7-9-28(31(44)39-12-10-19-4-3-5-24(33)23(19)16-39)40(22)30(43)27(17-38)37-29(42)26-15-20-14-21(32(2,34)35)6-8-25(20)36-26/h3-6,8,14-15,22,27-28,36H,7,9-13,16-17H2,1-2H3,(H,37,42)/t22-,27+,28+/m1/s1. The molecule has 44 heavy (non-hydrogen) atoms. The number of carbonyl (C=O) groups is 4. The Labute approximate surface area is 252 Å². The van der Waals surface area contributed by atoms with Crippen LogP contribution in [0.1, 0.15) is 60.3 Å². The summed E-state index contributed by atoms with van der Waals surface area (Å²) in [6.07, 6.45) is 1.97. The van der Waals surface area contributed by atoms with Gasteiger partial charge in [-0.1, -0.05) is 18.2 Å². The summed E-state index contributed by atoms with van der Waals surface area (Å²) in [6.45, 7) is 2.98. The Hall–Kier alpha value is -4.35.